The summed E-state index contributed by atoms with van der Waals surface area (Å²) >= 11 is 5.85. The summed E-state index contributed by atoms with van der Waals surface area (Å²) in [5.41, 5.74) is 0.226. The minimum absolute atomic E-state index is 0.0332. The minimum Gasteiger partial charge on any atom is -0.495 e. The highest BCUT2D eigenvalue weighted by molar-refractivity contribution is 7.92. The summed E-state index contributed by atoms with van der Waals surface area (Å²) in [6, 6.07) is 11.7. The van der Waals surface area contributed by atoms with Crippen LogP contribution in [0.25, 0.3) is 11.0 Å². The molecule has 0 fully saturated rings. The van der Waals surface area contributed by atoms with Crippen LogP contribution in [-0.4, -0.2) is 15.5 Å². The highest BCUT2D eigenvalue weighted by Gasteiger charge is 2.20. The van der Waals surface area contributed by atoms with Gasteiger partial charge in [0.2, 0.25) is 0 Å². The van der Waals surface area contributed by atoms with Crippen LogP contribution in [0.15, 0.2) is 62.6 Å². The molecule has 0 aliphatic rings. The van der Waals surface area contributed by atoms with Crippen LogP contribution in [0.3, 0.4) is 0 Å². The molecule has 0 saturated carbocycles. The largest absolute Gasteiger partial charge is 0.495 e. The number of rotatable bonds is 4. The van der Waals surface area contributed by atoms with E-state index in [9.17, 15) is 13.2 Å². The molecule has 1 N–H and O–H groups in total. The SMILES string of the molecule is COc1cc(Cl)ccc1S(=O)(=O)Nc1ccc2oc(=O)ccc2c1. The van der Waals surface area contributed by atoms with Crippen LogP contribution in [0.2, 0.25) is 5.02 Å². The Kier molecular flexibility index (Phi) is 4.21. The fraction of sp³-hybridized carbons (Fsp3) is 0.0625. The molecule has 0 radical (unpaired) electrons. The van der Waals surface area contributed by atoms with E-state index in [1.54, 1.807) is 12.1 Å². The predicted octanol–water partition coefficient (Wildman–Crippen LogP) is 3.26. The molecule has 3 rings (SSSR count). The Morgan fingerprint density at radius 1 is 1.08 bits per heavy atom. The van der Waals surface area contributed by atoms with Gasteiger partial charge in [-0.25, -0.2) is 13.2 Å². The molecule has 2 aromatic carbocycles. The van der Waals surface area contributed by atoms with Crippen molar-refractivity contribution in [2.45, 2.75) is 4.90 Å². The molecule has 6 nitrogen and oxygen atoms in total. The second-order valence-corrected chi connectivity index (χ2v) is 6.99. The van der Waals surface area contributed by atoms with E-state index in [2.05, 4.69) is 4.72 Å². The van der Waals surface area contributed by atoms with Crippen LogP contribution >= 0.6 is 11.6 Å². The van der Waals surface area contributed by atoms with Crippen molar-refractivity contribution in [3.63, 3.8) is 0 Å². The summed E-state index contributed by atoms with van der Waals surface area (Å²) < 4.78 is 37.7. The molecule has 8 heteroatoms. The molecule has 1 aromatic heterocycles. The Balaban J connectivity index is 2.00. The van der Waals surface area contributed by atoms with Crippen molar-refractivity contribution >= 4 is 38.3 Å². The van der Waals surface area contributed by atoms with Crippen LogP contribution in [0.1, 0.15) is 0 Å². The number of halogens is 1. The van der Waals surface area contributed by atoms with Gasteiger partial charge in [-0.1, -0.05) is 11.6 Å². The van der Waals surface area contributed by atoms with Gasteiger partial charge in [0.15, 0.2) is 0 Å². The second-order valence-electron chi connectivity index (χ2n) is 4.91. The number of fused-ring (bicyclic) bond motifs is 1. The highest BCUT2D eigenvalue weighted by atomic mass is 35.5. The Bertz CT molecular complexity index is 1080. The third-order valence-electron chi connectivity index (χ3n) is 3.29. The lowest BCUT2D eigenvalue weighted by Gasteiger charge is -2.12. The maximum atomic E-state index is 12.6. The Morgan fingerprint density at radius 3 is 2.62 bits per heavy atom. The topological polar surface area (TPSA) is 85.6 Å². The van der Waals surface area contributed by atoms with E-state index in [0.29, 0.717) is 21.7 Å². The molecule has 24 heavy (non-hydrogen) atoms. The molecule has 124 valence electrons. The standard InChI is InChI=1S/C16H12ClNO5S/c1-22-14-9-11(17)3-6-15(14)24(20,21)18-12-4-5-13-10(8-12)2-7-16(19)23-13/h2-9,18H,1H3. The Labute approximate surface area is 142 Å². The Hall–Kier alpha value is -2.51. The average Bonchev–Trinajstić information content (AvgIpc) is 2.54. The molecule has 0 amide bonds. The molecule has 0 spiro atoms. The molecular weight excluding hydrogens is 354 g/mol. The van der Waals surface area contributed by atoms with Gasteiger partial charge in [-0.15, -0.1) is 0 Å². The average molecular weight is 366 g/mol. The van der Waals surface area contributed by atoms with E-state index >= 15 is 0 Å². The van der Waals surface area contributed by atoms with Gasteiger partial charge < -0.3 is 9.15 Å². The van der Waals surface area contributed by atoms with Gasteiger partial charge in [-0.05, 0) is 36.4 Å². The van der Waals surface area contributed by atoms with Crippen LogP contribution in [0.5, 0.6) is 5.75 Å². The molecule has 0 unspecified atom stereocenters. The van der Waals surface area contributed by atoms with E-state index in [0.717, 1.165) is 0 Å². The lowest BCUT2D eigenvalue weighted by Crippen LogP contribution is -2.14. The van der Waals surface area contributed by atoms with Gasteiger partial charge in [0.25, 0.3) is 10.0 Å². The molecule has 3 aromatic rings. The second kappa shape index (κ2) is 6.18. The first kappa shape index (κ1) is 16.4. The maximum absolute atomic E-state index is 12.6. The van der Waals surface area contributed by atoms with Crippen LogP contribution in [0.4, 0.5) is 5.69 Å². The van der Waals surface area contributed by atoms with Crippen LogP contribution < -0.4 is 15.1 Å². The van der Waals surface area contributed by atoms with E-state index in [1.165, 1.54) is 43.5 Å². The summed E-state index contributed by atoms with van der Waals surface area (Å²) in [4.78, 5) is 11.1. The van der Waals surface area contributed by atoms with Crippen molar-refractivity contribution in [2.24, 2.45) is 0 Å². The van der Waals surface area contributed by atoms with Crippen molar-refractivity contribution in [3.05, 3.63) is 64.0 Å². The smallest absolute Gasteiger partial charge is 0.336 e. The van der Waals surface area contributed by atoms with Gasteiger partial charge in [-0.3, -0.25) is 4.72 Å². The molecule has 0 atom stereocenters. The first-order valence-electron chi connectivity index (χ1n) is 6.79. The summed E-state index contributed by atoms with van der Waals surface area (Å²) in [7, 11) is -2.51. The lowest BCUT2D eigenvalue weighted by atomic mass is 10.2. The van der Waals surface area contributed by atoms with Crippen molar-refractivity contribution in [1.29, 1.82) is 0 Å². The third kappa shape index (κ3) is 3.22. The first-order valence-corrected chi connectivity index (χ1v) is 8.65. The molecular formula is C16H12ClNO5S. The third-order valence-corrected chi connectivity index (χ3v) is 4.94. The van der Waals surface area contributed by atoms with Gasteiger partial charge in [-0.2, -0.15) is 0 Å². The quantitative estimate of drug-likeness (QED) is 0.717. The zero-order valence-electron chi connectivity index (χ0n) is 12.4. The number of anilines is 1. The van der Waals surface area contributed by atoms with E-state index < -0.39 is 15.6 Å². The molecule has 0 saturated heterocycles. The number of hydrogen-bond acceptors (Lipinski definition) is 5. The van der Waals surface area contributed by atoms with E-state index in [-0.39, 0.29) is 10.6 Å². The van der Waals surface area contributed by atoms with Crippen LogP contribution in [-0.2, 0) is 10.0 Å². The predicted molar refractivity (Wildman–Crippen MR) is 91.3 cm³/mol. The van der Waals surface area contributed by atoms with Gasteiger partial charge >= 0.3 is 5.63 Å². The molecule has 1 heterocycles. The van der Waals surface area contributed by atoms with Gasteiger partial charge in [0.05, 0.1) is 7.11 Å². The summed E-state index contributed by atoms with van der Waals surface area (Å²) in [5, 5.41) is 0.962. The Morgan fingerprint density at radius 2 is 1.88 bits per heavy atom. The number of methoxy groups -OCH3 is 1. The zero-order valence-corrected chi connectivity index (χ0v) is 14.0. The molecule has 0 aliphatic heterocycles. The lowest BCUT2D eigenvalue weighted by molar-refractivity contribution is 0.403. The minimum atomic E-state index is -3.88. The summed E-state index contributed by atoms with van der Waals surface area (Å²) in [6.45, 7) is 0. The number of nitrogens with one attached hydrogen (secondary N) is 1. The number of sulfonamides is 1. The van der Waals surface area contributed by atoms with Crippen LogP contribution in [0, 0.1) is 0 Å². The molecule has 0 aliphatic carbocycles. The monoisotopic (exact) mass is 365 g/mol. The first-order chi connectivity index (χ1) is 11.4. The summed E-state index contributed by atoms with van der Waals surface area (Å²) in [6.07, 6.45) is 0. The number of ether oxygens (including phenoxy) is 1. The van der Waals surface area contributed by atoms with Crippen molar-refractivity contribution in [3.8, 4) is 5.75 Å². The normalized spacial score (nSPS) is 11.4. The van der Waals surface area contributed by atoms with Gasteiger partial charge in [0, 0.05) is 28.2 Å². The summed E-state index contributed by atoms with van der Waals surface area (Å²) in [5.74, 6) is 0.141. The maximum Gasteiger partial charge on any atom is 0.336 e. The van der Waals surface area contributed by atoms with Crippen molar-refractivity contribution in [2.75, 3.05) is 11.8 Å². The number of hydrogen-bond donors (Lipinski definition) is 1. The fourth-order valence-electron chi connectivity index (χ4n) is 2.21. The molecule has 0 bridgehead atoms. The van der Waals surface area contributed by atoms with Crippen molar-refractivity contribution in [1.82, 2.24) is 0 Å². The van der Waals surface area contributed by atoms with E-state index in [4.69, 9.17) is 20.8 Å². The van der Waals surface area contributed by atoms with Crippen molar-refractivity contribution < 1.29 is 17.6 Å². The highest BCUT2D eigenvalue weighted by Crippen LogP contribution is 2.29. The number of benzene rings is 2. The fourth-order valence-corrected chi connectivity index (χ4v) is 3.57. The zero-order chi connectivity index (χ0) is 17.3. The van der Waals surface area contributed by atoms with Gasteiger partial charge in [0.1, 0.15) is 16.2 Å². The van der Waals surface area contributed by atoms with E-state index in [1.807, 2.05) is 0 Å².